The molecule has 0 saturated heterocycles. The Balaban J connectivity index is 2.31. The Morgan fingerprint density at radius 3 is 2.89 bits per heavy atom. The van der Waals surface area contributed by atoms with Gasteiger partial charge in [-0.1, -0.05) is 13.8 Å². The van der Waals surface area contributed by atoms with Crippen LogP contribution in [0.3, 0.4) is 0 Å². The Labute approximate surface area is 112 Å². The fourth-order valence-corrected chi connectivity index (χ4v) is 2.48. The lowest BCUT2D eigenvalue weighted by Crippen LogP contribution is -2.19. The molecule has 18 heavy (non-hydrogen) atoms. The van der Waals surface area contributed by atoms with Crippen molar-refractivity contribution in [3.8, 4) is 0 Å². The van der Waals surface area contributed by atoms with Gasteiger partial charge in [0.05, 0.1) is 11.9 Å². The summed E-state index contributed by atoms with van der Waals surface area (Å²) in [6, 6.07) is 2.09. The smallest absolute Gasteiger partial charge is 0.146 e. The van der Waals surface area contributed by atoms with Crippen LogP contribution in [0.4, 0.5) is 5.82 Å². The van der Waals surface area contributed by atoms with E-state index in [9.17, 15) is 0 Å². The average Bonchev–Trinajstić information content (AvgIpc) is 2.84. The predicted octanol–water partition coefficient (Wildman–Crippen LogP) is 2.96. The number of anilines is 1. The van der Waals surface area contributed by atoms with Gasteiger partial charge in [-0.05, 0) is 31.5 Å². The Kier molecular flexibility index (Phi) is 4.49. The minimum Gasteiger partial charge on any atom is -0.369 e. The monoisotopic (exact) mass is 264 g/mol. The minimum absolute atomic E-state index is 0.797. The van der Waals surface area contributed by atoms with E-state index in [1.165, 1.54) is 0 Å². The maximum absolute atomic E-state index is 4.64. The van der Waals surface area contributed by atoms with E-state index in [0.29, 0.717) is 0 Å². The third-order valence-electron chi connectivity index (χ3n) is 2.86. The topological polar surface area (TPSA) is 41.1 Å². The summed E-state index contributed by atoms with van der Waals surface area (Å²) in [5.74, 6) is 1.87. The van der Waals surface area contributed by atoms with E-state index in [2.05, 4.69) is 52.5 Å². The summed E-state index contributed by atoms with van der Waals surface area (Å²) in [6.45, 7) is 7.05. The highest BCUT2D eigenvalue weighted by molar-refractivity contribution is 7.16. The van der Waals surface area contributed by atoms with E-state index in [1.54, 1.807) is 11.3 Å². The first kappa shape index (κ1) is 13.2. The fourth-order valence-electron chi connectivity index (χ4n) is 1.70. The molecule has 0 atom stereocenters. The Bertz CT molecular complexity index is 509. The van der Waals surface area contributed by atoms with E-state index in [0.717, 1.165) is 47.9 Å². The van der Waals surface area contributed by atoms with Crippen LogP contribution in [0.1, 0.15) is 26.1 Å². The van der Waals surface area contributed by atoms with Gasteiger partial charge in [0.15, 0.2) is 0 Å². The lowest BCUT2D eigenvalue weighted by molar-refractivity contribution is 0.337. The molecular weight excluding hydrogens is 244 g/mol. The van der Waals surface area contributed by atoms with Crippen LogP contribution in [-0.4, -0.2) is 35.0 Å². The number of thiophene rings is 1. The molecular formula is C13H20N4S. The van der Waals surface area contributed by atoms with Crippen LogP contribution in [0.5, 0.6) is 0 Å². The van der Waals surface area contributed by atoms with Crippen molar-refractivity contribution in [3.05, 3.63) is 17.3 Å². The molecule has 0 amide bonds. The largest absolute Gasteiger partial charge is 0.369 e. The standard InChI is InChI=1S/C13H20N4S/c1-4-7-14-12-10-6-8-18-13(10)16-11(15-12)9-17(3)5-2/h6,8H,4-5,7,9H2,1-3H3,(H,14,15,16). The third kappa shape index (κ3) is 2.97. The molecule has 0 spiro atoms. The molecule has 5 heteroatoms. The first-order chi connectivity index (χ1) is 8.74. The number of nitrogens with zero attached hydrogens (tertiary/aromatic N) is 3. The van der Waals surface area contributed by atoms with Crippen LogP contribution >= 0.6 is 11.3 Å². The van der Waals surface area contributed by atoms with E-state index >= 15 is 0 Å². The molecule has 4 nitrogen and oxygen atoms in total. The lowest BCUT2D eigenvalue weighted by Gasteiger charge is -2.13. The molecule has 0 aromatic carbocycles. The van der Waals surface area contributed by atoms with Gasteiger partial charge in [-0.15, -0.1) is 11.3 Å². The highest BCUT2D eigenvalue weighted by atomic mass is 32.1. The van der Waals surface area contributed by atoms with E-state index in [1.807, 2.05) is 0 Å². The van der Waals surface area contributed by atoms with Crippen molar-refractivity contribution in [1.29, 1.82) is 0 Å². The van der Waals surface area contributed by atoms with Crippen molar-refractivity contribution in [1.82, 2.24) is 14.9 Å². The van der Waals surface area contributed by atoms with E-state index < -0.39 is 0 Å². The van der Waals surface area contributed by atoms with Crippen molar-refractivity contribution in [2.45, 2.75) is 26.8 Å². The number of aromatic nitrogens is 2. The number of fused-ring (bicyclic) bond motifs is 1. The van der Waals surface area contributed by atoms with Crippen LogP contribution in [0.25, 0.3) is 10.2 Å². The molecule has 0 unspecified atom stereocenters. The van der Waals surface area contributed by atoms with Crippen molar-refractivity contribution in [3.63, 3.8) is 0 Å². The van der Waals surface area contributed by atoms with Crippen LogP contribution in [-0.2, 0) is 6.54 Å². The number of hydrogen-bond donors (Lipinski definition) is 1. The van der Waals surface area contributed by atoms with Gasteiger partial charge < -0.3 is 5.32 Å². The van der Waals surface area contributed by atoms with Gasteiger partial charge in [-0.3, -0.25) is 4.90 Å². The Hall–Kier alpha value is -1.20. The summed E-state index contributed by atoms with van der Waals surface area (Å²) < 4.78 is 0. The second-order valence-electron chi connectivity index (χ2n) is 4.39. The van der Waals surface area contributed by atoms with Crippen molar-refractivity contribution < 1.29 is 0 Å². The highest BCUT2D eigenvalue weighted by Gasteiger charge is 2.09. The normalized spacial score (nSPS) is 11.3. The van der Waals surface area contributed by atoms with Crippen LogP contribution in [0.15, 0.2) is 11.4 Å². The number of rotatable bonds is 6. The van der Waals surface area contributed by atoms with Crippen LogP contribution < -0.4 is 5.32 Å². The van der Waals surface area contributed by atoms with Gasteiger partial charge in [0.1, 0.15) is 16.5 Å². The van der Waals surface area contributed by atoms with Gasteiger partial charge in [0.2, 0.25) is 0 Å². The number of hydrogen-bond acceptors (Lipinski definition) is 5. The number of nitrogens with one attached hydrogen (secondary N) is 1. The maximum Gasteiger partial charge on any atom is 0.146 e. The second-order valence-corrected chi connectivity index (χ2v) is 5.28. The summed E-state index contributed by atoms with van der Waals surface area (Å²) in [4.78, 5) is 12.5. The molecule has 2 heterocycles. The zero-order valence-electron chi connectivity index (χ0n) is 11.2. The maximum atomic E-state index is 4.64. The lowest BCUT2D eigenvalue weighted by atomic mass is 10.3. The average molecular weight is 264 g/mol. The molecule has 98 valence electrons. The summed E-state index contributed by atoms with van der Waals surface area (Å²) in [6.07, 6.45) is 1.10. The molecule has 2 rings (SSSR count). The minimum atomic E-state index is 0.797. The molecule has 2 aromatic heterocycles. The predicted molar refractivity (Wildman–Crippen MR) is 78.2 cm³/mol. The zero-order chi connectivity index (χ0) is 13.0. The molecule has 0 aliphatic rings. The SMILES string of the molecule is CCCNc1nc(CN(C)CC)nc2sccc12. The van der Waals surface area contributed by atoms with E-state index in [4.69, 9.17) is 0 Å². The summed E-state index contributed by atoms with van der Waals surface area (Å²) >= 11 is 1.67. The zero-order valence-corrected chi connectivity index (χ0v) is 12.0. The van der Waals surface area contributed by atoms with E-state index in [-0.39, 0.29) is 0 Å². The molecule has 0 fully saturated rings. The van der Waals surface area contributed by atoms with Crippen LogP contribution in [0.2, 0.25) is 0 Å². The molecule has 1 N–H and O–H groups in total. The van der Waals surface area contributed by atoms with Crippen LogP contribution in [0, 0.1) is 0 Å². The molecule has 0 aliphatic heterocycles. The van der Waals surface area contributed by atoms with Gasteiger partial charge in [-0.25, -0.2) is 9.97 Å². The summed E-state index contributed by atoms with van der Waals surface area (Å²) in [5.41, 5.74) is 0. The Morgan fingerprint density at radius 1 is 1.33 bits per heavy atom. The summed E-state index contributed by atoms with van der Waals surface area (Å²) in [5, 5.41) is 6.60. The van der Waals surface area contributed by atoms with Gasteiger partial charge in [0.25, 0.3) is 0 Å². The molecule has 0 radical (unpaired) electrons. The first-order valence-electron chi connectivity index (χ1n) is 6.41. The van der Waals surface area contributed by atoms with Gasteiger partial charge in [0, 0.05) is 6.54 Å². The Morgan fingerprint density at radius 2 is 2.17 bits per heavy atom. The molecule has 0 saturated carbocycles. The molecule has 0 aliphatic carbocycles. The van der Waals surface area contributed by atoms with Gasteiger partial charge in [-0.2, -0.15) is 0 Å². The van der Waals surface area contributed by atoms with Gasteiger partial charge >= 0.3 is 0 Å². The van der Waals surface area contributed by atoms with Crippen molar-refractivity contribution in [2.24, 2.45) is 0 Å². The summed E-state index contributed by atoms with van der Waals surface area (Å²) in [7, 11) is 2.08. The third-order valence-corrected chi connectivity index (χ3v) is 3.67. The molecule has 2 aromatic rings. The van der Waals surface area contributed by atoms with Crippen molar-refractivity contribution in [2.75, 3.05) is 25.5 Å². The van der Waals surface area contributed by atoms with Crippen molar-refractivity contribution >= 4 is 27.4 Å². The quantitative estimate of drug-likeness (QED) is 0.871. The highest BCUT2D eigenvalue weighted by Crippen LogP contribution is 2.25. The fraction of sp³-hybridized carbons (Fsp3) is 0.538. The molecule has 0 bridgehead atoms. The first-order valence-corrected chi connectivity index (χ1v) is 7.29. The second kappa shape index (κ2) is 6.11.